The van der Waals surface area contributed by atoms with E-state index in [-0.39, 0.29) is 19.0 Å². The zero-order valence-electron chi connectivity index (χ0n) is 15.4. The first-order chi connectivity index (χ1) is 12.9. The summed E-state index contributed by atoms with van der Waals surface area (Å²) in [5.74, 6) is 0.412. The van der Waals surface area contributed by atoms with Crippen LogP contribution in [0.2, 0.25) is 0 Å². The van der Waals surface area contributed by atoms with E-state index >= 15 is 0 Å². The van der Waals surface area contributed by atoms with Crippen molar-refractivity contribution in [3.8, 4) is 0 Å². The zero-order valence-corrected chi connectivity index (χ0v) is 16.2. The number of benzene rings is 1. The summed E-state index contributed by atoms with van der Waals surface area (Å²) in [5, 5.41) is 2.74. The van der Waals surface area contributed by atoms with Crippen LogP contribution in [0.25, 0.3) is 0 Å². The number of nitrogens with one attached hydrogen (secondary N) is 1. The highest BCUT2D eigenvalue weighted by Crippen LogP contribution is 2.22. The Bertz CT molecular complexity index is 837. The molecule has 0 aliphatic carbocycles. The van der Waals surface area contributed by atoms with Crippen molar-refractivity contribution < 1.29 is 17.6 Å². The molecule has 1 N–H and O–H groups in total. The monoisotopic (exact) mass is 391 g/mol. The fourth-order valence-corrected chi connectivity index (χ4v) is 4.90. The molecule has 3 rings (SSSR count). The Morgan fingerprint density at radius 1 is 1.26 bits per heavy atom. The Labute approximate surface area is 160 Å². The van der Waals surface area contributed by atoms with Crippen molar-refractivity contribution in [1.82, 2.24) is 8.61 Å². The Kier molecular flexibility index (Phi) is 6.30. The SMILES string of the molecule is CC1CCCN(S(=O)(=O)N(CC(=O)Nc2ccccc2)Cc2ccco2)C1. The lowest BCUT2D eigenvalue weighted by Gasteiger charge is -2.34. The molecule has 1 aliphatic heterocycles. The molecule has 2 heterocycles. The minimum atomic E-state index is -3.77. The molecule has 0 radical (unpaired) electrons. The van der Waals surface area contributed by atoms with Gasteiger partial charge in [0.2, 0.25) is 5.91 Å². The second-order valence-corrected chi connectivity index (χ2v) is 8.80. The first kappa shape index (κ1) is 19.6. The number of anilines is 1. The van der Waals surface area contributed by atoms with Gasteiger partial charge in [0, 0.05) is 18.8 Å². The molecular formula is C19H25N3O4S. The first-order valence-corrected chi connectivity index (χ1v) is 10.5. The predicted octanol–water partition coefficient (Wildman–Crippen LogP) is 2.70. The van der Waals surface area contributed by atoms with Crippen LogP contribution in [0.5, 0.6) is 0 Å². The molecule has 27 heavy (non-hydrogen) atoms. The predicted molar refractivity (Wildman–Crippen MR) is 103 cm³/mol. The average molecular weight is 391 g/mol. The number of nitrogens with zero attached hydrogens (tertiary/aromatic N) is 2. The molecule has 0 spiro atoms. The van der Waals surface area contributed by atoms with Crippen LogP contribution in [-0.4, -0.2) is 42.6 Å². The van der Waals surface area contributed by atoms with E-state index in [0.29, 0.717) is 30.5 Å². The minimum absolute atomic E-state index is 0.0163. The molecule has 1 saturated heterocycles. The second kappa shape index (κ2) is 8.69. The molecule has 146 valence electrons. The van der Waals surface area contributed by atoms with Crippen molar-refractivity contribution in [2.45, 2.75) is 26.3 Å². The van der Waals surface area contributed by atoms with Gasteiger partial charge in [-0.05, 0) is 43.0 Å². The maximum Gasteiger partial charge on any atom is 0.282 e. The van der Waals surface area contributed by atoms with Gasteiger partial charge in [0.25, 0.3) is 10.2 Å². The standard InChI is InChI=1S/C19H25N3O4S/c1-16-7-5-11-21(13-16)27(24,25)22(14-18-10-6-12-26-18)15-19(23)20-17-8-3-2-4-9-17/h2-4,6,8-10,12,16H,5,7,11,13-15H2,1H3,(H,20,23). The number of furan rings is 1. The maximum atomic E-state index is 13.2. The lowest BCUT2D eigenvalue weighted by atomic mass is 10.0. The third-order valence-corrected chi connectivity index (χ3v) is 6.46. The lowest BCUT2D eigenvalue weighted by molar-refractivity contribution is -0.116. The zero-order chi connectivity index (χ0) is 19.3. The van der Waals surface area contributed by atoms with E-state index in [1.165, 1.54) is 14.9 Å². The molecule has 7 nitrogen and oxygen atoms in total. The van der Waals surface area contributed by atoms with Gasteiger partial charge in [-0.15, -0.1) is 0 Å². The number of carbonyl (C=O) groups is 1. The number of hydrogen-bond donors (Lipinski definition) is 1. The summed E-state index contributed by atoms with van der Waals surface area (Å²) in [7, 11) is -3.77. The molecule has 0 saturated carbocycles. The van der Waals surface area contributed by atoms with Crippen LogP contribution in [0.4, 0.5) is 5.69 Å². The van der Waals surface area contributed by atoms with Gasteiger partial charge in [-0.25, -0.2) is 0 Å². The van der Waals surface area contributed by atoms with Gasteiger partial charge < -0.3 is 9.73 Å². The third kappa shape index (κ3) is 5.18. The number of rotatable bonds is 7. The van der Waals surface area contributed by atoms with E-state index < -0.39 is 10.2 Å². The first-order valence-electron chi connectivity index (χ1n) is 9.07. The van der Waals surface area contributed by atoms with E-state index in [0.717, 1.165) is 12.8 Å². The maximum absolute atomic E-state index is 13.2. The van der Waals surface area contributed by atoms with E-state index in [2.05, 4.69) is 5.32 Å². The van der Waals surface area contributed by atoms with Crippen LogP contribution in [0.1, 0.15) is 25.5 Å². The van der Waals surface area contributed by atoms with Crippen LogP contribution < -0.4 is 5.32 Å². The quantitative estimate of drug-likeness (QED) is 0.787. The molecule has 1 aromatic heterocycles. The molecule has 2 aromatic rings. The highest BCUT2D eigenvalue weighted by atomic mass is 32.2. The Morgan fingerprint density at radius 2 is 2.04 bits per heavy atom. The summed E-state index contributed by atoms with van der Waals surface area (Å²) in [6.07, 6.45) is 3.33. The molecule has 1 fully saturated rings. The molecule has 1 unspecified atom stereocenters. The second-order valence-electron chi connectivity index (χ2n) is 6.87. The van der Waals surface area contributed by atoms with Crippen molar-refractivity contribution >= 4 is 21.8 Å². The van der Waals surface area contributed by atoms with E-state index in [4.69, 9.17) is 4.42 Å². The Balaban J connectivity index is 1.76. The molecular weight excluding hydrogens is 366 g/mol. The molecule has 0 bridgehead atoms. The number of para-hydroxylation sites is 1. The van der Waals surface area contributed by atoms with E-state index in [1.807, 2.05) is 25.1 Å². The summed E-state index contributed by atoms with van der Waals surface area (Å²) < 4.78 is 34.3. The Hall–Kier alpha value is -2.16. The van der Waals surface area contributed by atoms with Crippen molar-refractivity contribution in [2.24, 2.45) is 5.92 Å². The fraction of sp³-hybridized carbons (Fsp3) is 0.421. The van der Waals surface area contributed by atoms with Crippen LogP contribution >= 0.6 is 0 Å². The highest BCUT2D eigenvalue weighted by molar-refractivity contribution is 7.86. The van der Waals surface area contributed by atoms with Crippen LogP contribution in [0.3, 0.4) is 0 Å². The van der Waals surface area contributed by atoms with Crippen molar-refractivity contribution in [2.75, 3.05) is 25.0 Å². The third-order valence-electron chi connectivity index (χ3n) is 4.56. The molecule has 1 amide bonds. The van der Waals surface area contributed by atoms with Gasteiger partial charge >= 0.3 is 0 Å². The van der Waals surface area contributed by atoms with Gasteiger partial charge in [-0.3, -0.25) is 4.79 Å². The molecule has 1 atom stereocenters. The number of amides is 1. The van der Waals surface area contributed by atoms with Crippen LogP contribution in [-0.2, 0) is 21.5 Å². The summed E-state index contributed by atoms with van der Waals surface area (Å²) in [6, 6.07) is 12.4. The van der Waals surface area contributed by atoms with Gasteiger partial charge in [0.1, 0.15) is 5.76 Å². The van der Waals surface area contributed by atoms with Crippen molar-refractivity contribution in [1.29, 1.82) is 0 Å². The fourth-order valence-electron chi connectivity index (χ4n) is 3.20. The van der Waals surface area contributed by atoms with Gasteiger partial charge in [-0.2, -0.15) is 17.0 Å². The molecule has 1 aromatic carbocycles. The smallest absolute Gasteiger partial charge is 0.282 e. The lowest BCUT2D eigenvalue weighted by Crippen LogP contribution is -2.49. The van der Waals surface area contributed by atoms with E-state index in [1.54, 1.807) is 24.3 Å². The highest BCUT2D eigenvalue weighted by Gasteiger charge is 2.34. The average Bonchev–Trinajstić information content (AvgIpc) is 3.15. The molecule has 1 aliphatic rings. The van der Waals surface area contributed by atoms with Gasteiger partial charge in [-0.1, -0.05) is 25.1 Å². The summed E-state index contributed by atoms with van der Waals surface area (Å²) in [4.78, 5) is 12.5. The summed E-state index contributed by atoms with van der Waals surface area (Å²) in [5.41, 5.74) is 0.629. The topological polar surface area (TPSA) is 82.9 Å². The van der Waals surface area contributed by atoms with Crippen molar-refractivity contribution in [3.05, 3.63) is 54.5 Å². The van der Waals surface area contributed by atoms with Crippen LogP contribution in [0.15, 0.2) is 53.1 Å². The number of piperidine rings is 1. The van der Waals surface area contributed by atoms with Gasteiger partial charge in [0.15, 0.2) is 0 Å². The van der Waals surface area contributed by atoms with E-state index in [9.17, 15) is 13.2 Å². The summed E-state index contributed by atoms with van der Waals surface area (Å²) >= 11 is 0. The Morgan fingerprint density at radius 3 is 2.70 bits per heavy atom. The van der Waals surface area contributed by atoms with Crippen molar-refractivity contribution in [3.63, 3.8) is 0 Å². The normalized spacial score (nSPS) is 18.5. The van der Waals surface area contributed by atoms with Crippen LogP contribution in [0, 0.1) is 5.92 Å². The summed E-state index contributed by atoms with van der Waals surface area (Å²) in [6.45, 7) is 2.73. The largest absolute Gasteiger partial charge is 0.468 e. The minimum Gasteiger partial charge on any atom is -0.468 e. The number of hydrogen-bond acceptors (Lipinski definition) is 4. The molecule has 8 heteroatoms. The van der Waals surface area contributed by atoms with Gasteiger partial charge in [0.05, 0.1) is 19.4 Å². The number of carbonyl (C=O) groups excluding carboxylic acids is 1.